The van der Waals surface area contributed by atoms with E-state index in [4.69, 9.17) is 9.47 Å². The average Bonchev–Trinajstić information content (AvgIpc) is 2.69. The van der Waals surface area contributed by atoms with Gasteiger partial charge < -0.3 is 20.1 Å². The molecular formula is C21H31F3IN3O2. The van der Waals surface area contributed by atoms with E-state index in [1.165, 1.54) is 12.1 Å². The standard InChI is InChI=1S/C21H30F3N3O2.HI/c1-25-18(27-15-20(28-2)9-11-29-12-10-20)26-14-19(7-4-8-19)16-5-3-6-17(13-16)21(22,23)24;/h3,5-6,13H,4,7-12,14-15H2,1-2H3,(H2,25,26,27);1H. The number of hydrogen-bond donors (Lipinski definition) is 2. The molecule has 1 aliphatic carbocycles. The van der Waals surface area contributed by atoms with Crippen LogP contribution in [0.1, 0.15) is 43.2 Å². The van der Waals surface area contributed by atoms with Crippen molar-refractivity contribution in [2.45, 2.75) is 49.3 Å². The fraction of sp³-hybridized carbons (Fsp3) is 0.667. The molecule has 1 aromatic rings. The first kappa shape index (κ1) is 25.2. The third-order valence-corrected chi connectivity index (χ3v) is 6.35. The van der Waals surface area contributed by atoms with E-state index in [2.05, 4.69) is 15.6 Å². The fourth-order valence-corrected chi connectivity index (χ4v) is 4.11. The second-order valence-corrected chi connectivity index (χ2v) is 7.99. The van der Waals surface area contributed by atoms with Gasteiger partial charge in [0.2, 0.25) is 0 Å². The molecule has 0 spiro atoms. The summed E-state index contributed by atoms with van der Waals surface area (Å²) in [6, 6.07) is 5.72. The van der Waals surface area contributed by atoms with Crippen LogP contribution in [0.15, 0.2) is 29.3 Å². The molecule has 30 heavy (non-hydrogen) atoms. The maximum Gasteiger partial charge on any atom is 0.416 e. The first-order valence-electron chi connectivity index (χ1n) is 10.1. The lowest BCUT2D eigenvalue weighted by atomic mass is 9.64. The van der Waals surface area contributed by atoms with Gasteiger partial charge in [-0.2, -0.15) is 13.2 Å². The SMILES string of the molecule is CN=C(NCC1(OC)CCOCC1)NCC1(c2cccc(C(F)(F)F)c2)CCC1.I. The van der Waals surface area contributed by atoms with E-state index in [1.54, 1.807) is 20.2 Å². The number of nitrogens with one attached hydrogen (secondary N) is 2. The molecule has 1 aliphatic heterocycles. The molecule has 2 fully saturated rings. The zero-order valence-electron chi connectivity index (χ0n) is 17.5. The molecule has 1 saturated carbocycles. The summed E-state index contributed by atoms with van der Waals surface area (Å²) >= 11 is 0. The lowest BCUT2D eigenvalue weighted by molar-refractivity contribution is -0.137. The largest absolute Gasteiger partial charge is 0.416 e. The van der Waals surface area contributed by atoms with Gasteiger partial charge in [-0.1, -0.05) is 24.6 Å². The van der Waals surface area contributed by atoms with Gasteiger partial charge in [0.25, 0.3) is 0 Å². The number of benzene rings is 1. The summed E-state index contributed by atoms with van der Waals surface area (Å²) in [5.74, 6) is 0.631. The fourth-order valence-electron chi connectivity index (χ4n) is 4.11. The zero-order chi connectivity index (χ0) is 21.0. The molecule has 3 rings (SSSR count). The Labute approximate surface area is 193 Å². The average molecular weight is 541 g/mol. The molecular weight excluding hydrogens is 510 g/mol. The molecule has 2 N–H and O–H groups in total. The van der Waals surface area contributed by atoms with Gasteiger partial charge in [-0.3, -0.25) is 4.99 Å². The minimum absolute atomic E-state index is 0. The van der Waals surface area contributed by atoms with Crippen molar-refractivity contribution >= 4 is 29.9 Å². The van der Waals surface area contributed by atoms with Crippen LogP contribution in [0.25, 0.3) is 0 Å². The Balaban J connectivity index is 0.00000320. The second kappa shape index (κ2) is 10.5. The van der Waals surface area contributed by atoms with Gasteiger partial charge in [0.15, 0.2) is 5.96 Å². The van der Waals surface area contributed by atoms with Crippen molar-refractivity contribution in [2.75, 3.05) is 40.5 Å². The Bertz CT molecular complexity index is 718. The Hall–Kier alpha value is -1.07. The van der Waals surface area contributed by atoms with E-state index in [1.807, 2.05) is 0 Å². The Morgan fingerprint density at radius 3 is 2.33 bits per heavy atom. The highest BCUT2D eigenvalue weighted by Gasteiger charge is 2.40. The number of methoxy groups -OCH3 is 1. The number of guanidine groups is 1. The number of aliphatic imine (C=N–C) groups is 1. The maximum absolute atomic E-state index is 13.1. The lowest BCUT2D eigenvalue weighted by Gasteiger charge is -2.43. The van der Waals surface area contributed by atoms with Gasteiger partial charge in [0.05, 0.1) is 11.2 Å². The number of halogens is 4. The predicted octanol–water partition coefficient (Wildman–Crippen LogP) is 4.11. The highest BCUT2D eigenvalue weighted by Crippen LogP contribution is 2.44. The zero-order valence-corrected chi connectivity index (χ0v) is 19.8. The number of hydrogen-bond acceptors (Lipinski definition) is 3. The van der Waals surface area contributed by atoms with E-state index in [0.29, 0.717) is 32.3 Å². The van der Waals surface area contributed by atoms with E-state index < -0.39 is 11.7 Å². The van der Waals surface area contributed by atoms with Crippen molar-refractivity contribution in [3.8, 4) is 0 Å². The van der Waals surface area contributed by atoms with Crippen LogP contribution in [-0.4, -0.2) is 52.0 Å². The van der Waals surface area contributed by atoms with Crippen LogP contribution in [-0.2, 0) is 21.1 Å². The predicted molar refractivity (Wildman–Crippen MR) is 122 cm³/mol. The summed E-state index contributed by atoms with van der Waals surface area (Å²) in [5.41, 5.74) is -0.439. The number of rotatable bonds is 6. The van der Waals surface area contributed by atoms with Crippen LogP contribution in [0, 0.1) is 0 Å². The normalized spacial score (nSPS) is 20.6. The van der Waals surface area contributed by atoms with E-state index in [9.17, 15) is 13.2 Å². The van der Waals surface area contributed by atoms with E-state index >= 15 is 0 Å². The minimum atomic E-state index is -4.33. The van der Waals surface area contributed by atoms with E-state index in [-0.39, 0.29) is 35.0 Å². The van der Waals surface area contributed by atoms with Gasteiger partial charge in [-0.15, -0.1) is 24.0 Å². The van der Waals surface area contributed by atoms with Crippen molar-refractivity contribution in [1.82, 2.24) is 10.6 Å². The summed E-state index contributed by atoms with van der Waals surface area (Å²) in [5, 5.41) is 6.64. The van der Waals surface area contributed by atoms with Crippen molar-refractivity contribution in [3.63, 3.8) is 0 Å². The molecule has 170 valence electrons. The summed E-state index contributed by atoms with van der Waals surface area (Å²) < 4.78 is 50.5. The molecule has 0 aromatic heterocycles. The lowest BCUT2D eigenvalue weighted by Crippen LogP contribution is -2.53. The highest BCUT2D eigenvalue weighted by atomic mass is 127. The van der Waals surface area contributed by atoms with Crippen molar-refractivity contribution in [1.29, 1.82) is 0 Å². The number of ether oxygens (including phenoxy) is 2. The Kier molecular flexibility index (Phi) is 8.81. The van der Waals surface area contributed by atoms with Crippen LogP contribution in [0.2, 0.25) is 0 Å². The minimum Gasteiger partial charge on any atom is -0.381 e. The third kappa shape index (κ3) is 5.79. The Morgan fingerprint density at radius 2 is 1.80 bits per heavy atom. The third-order valence-electron chi connectivity index (χ3n) is 6.35. The molecule has 0 amide bonds. The van der Waals surface area contributed by atoms with Gasteiger partial charge in [-0.25, -0.2) is 0 Å². The molecule has 5 nitrogen and oxygen atoms in total. The summed E-state index contributed by atoms with van der Waals surface area (Å²) in [6.45, 7) is 2.47. The molecule has 0 radical (unpaired) electrons. The summed E-state index contributed by atoms with van der Waals surface area (Å²) in [7, 11) is 3.40. The molecule has 0 atom stereocenters. The van der Waals surface area contributed by atoms with Crippen LogP contribution >= 0.6 is 24.0 Å². The monoisotopic (exact) mass is 541 g/mol. The molecule has 1 aromatic carbocycles. The van der Waals surface area contributed by atoms with Crippen LogP contribution in [0.5, 0.6) is 0 Å². The van der Waals surface area contributed by atoms with Crippen LogP contribution in [0.4, 0.5) is 13.2 Å². The highest BCUT2D eigenvalue weighted by molar-refractivity contribution is 14.0. The first-order valence-corrected chi connectivity index (χ1v) is 10.1. The van der Waals surface area contributed by atoms with Crippen LogP contribution in [0.3, 0.4) is 0 Å². The molecule has 0 unspecified atom stereocenters. The molecule has 9 heteroatoms. The maximum atomic E-state index is 13.1. The smallest absolute Gasteiger partial charge is 0.381 e. The molecule has 1 heterocycles. The van der Waals surface area contributed by atoms with Gasteiger partial charge in [-0.05, 0) is 24.5 Å². The van der Waals surface area contributed by atoms with Crippen molar-refractivity contribution in [3.05, 3.63) is 35.4 Å². The molecule has 0 bridgehead atoms. The van der Waals surface area contributed by atoms with Crippen molar-refractivity contribution < 1.29 is 22.6 Å². The quantitative estimate of drug-likeness (QED) is 0.324. The van der Waals surface area contributed by atoms with E-state index in [0.717, 1.165) is 43.7 Å². The second-order valence-electron chi connectivity index (χ2n) is 7.99. The molecule has 2 aliphatic rings. The first-order chi connectivity index (χ1) is 13.8. The number of alkyl halides is 3. The number of nitrogens with zero attached hydrogens (tertiary/aromatic N) is 1. The van der Waals surface area contributed by atoms with Gasteiger partial charge in [0.1, 0.15) is 0 Å². The van der Waals surface area contributed by atoms with Gasteiger partial charge >= 0.3 is 6.18 Å². The van der Waals surface area contributed by atoms with Gasteiger partial charge in [0, 0.05) is 58.7 Å². The molecule has 1 saturated heterocycles. The van der Waals surface area contributed by atoms with Crippen LogP contribution < -0.4 is 10.6 Å². The summed E-state index contributed by atoms with van der Waals surface area (Å²) in [4.78, 5) is 4.28. The summed E-state index contributed by atoms with van der Waals surface area (Å²) in [6.07, 6.45) is 0.0134. The topological polar surface area (TPSA) is 54.9 Å². The van der Waals surface area contributed by atoms with Crippen molar-refractivity contribution in [2.24, 2.45) is 4.99 Å². The Morgan fingerprint density at radius 1 is 1.13 bits per heavy atom.